The highest BCUT2D eigenvalue weighted by Crippen LogP contribution is 2.27. The molecule has 0 aliphatic carbocycles. The van der Waals surface area contributed by atoms with Crippen molar-refractivity contribution in [2.24, 2.45) is 0 Å². The van der Waals surface area contributed by atoms with Crippen LogP contribution in [0.25, 0.3) is 11.1 Å². The highest BCUT2D eigenvalue weighted by Gasteiger charge is 2.24. The van der Waals surface area contributed by atoms with Crippen molar-refractivity contribution in [3.63, 3.8) is 0 Å². The monoisotopic (exact) mass is 408 g/mol. The van der Waals surface area contributed by atoms with Gasteiger partial charge < -0.3 is 19.7 Å². The highest BCUT2D eigenvalue weighted by atomic mass is 16.7. The van der Waals surface area contributed by atoms with Gasteiger partial charge in [0.15, 0.2) is 0 Å². The summed E-state index contributed by atoms with van der Waals surface area (Å²) in [5, 5.41) is 17.6. The largest absolute Gasteiger partial charge is 0.508 e. The summed E-state index contributed by atoms with van der Waals surface area (Å²) in [7, 11) is 1.31. The highest BCUT2D eigenvalue weighted by molar-refractivity contribution is 5.89. The van der Waals surface area contributed by atoms with Crippen molar-refractivity contribution in [1.82, 2.24) is 0 Å². The van der Waals surface area contributed by atoms with Gasteiger partial charge in [-0.1, -0.05) is 54.6 Å². The van der Waals surface area contributed by atoms with E-state index in [1.54, 1.807) is 13.8 Å². The maximum absolute atomic E-state index is 10.8. The molecule has 0 aromatic heterocycles. The molecule has 0 bridgehead atoms. The van der Waals surface area contributed by atoms with Gasteiger partial charge >= 0.3 is 12.1 Å². The molecule has 6 nitrogen and oxygen atoms in total. The van der Waals surface area contributed by atoms with Crippen molar-refractivity contribution in [3.05, 3.63) is 90.0 Å². The lowest BCUT2D eigenvalue weighted by atomic mass is 9.95. The van der Waals surface area contributed by atoms with Crippen LogP contribution in [0.3, 0.4) is 0 Å². The molecule has 0 spiro atoms. The van der Waals surface area contributed by atoms with Crippen molar-refractivity contribution in [3.8, 4) is 16.9 Å². The fourth-order valence-corrected chi connectivity index (χ4v) is 2.69. The second kappa shape index (κ2) is 10.1. The Balaban J connectivity index is 0.000000248. The van der Waals surface area contributed by atoms with Crippen LogP contribution in [0.15, 0.2) is 78.9 Å². The summed E-state index contributed by atoms with van der Waals surface area (Å²) in [5.41, 5.74) is 2.64. The van der Waals surface area contributed by atoms with Gasteiger partial charge in [0.25, 0.3) is 0 Å². The van der Waals surface area contributed by atoms with E-state index in [0.29, 0.717) is 5.56 Å². The predicted octanol–water partition coefficient (Wildman–Crippen LogP) is 5.46. The normalized spacial score (nSPS) is 10.4. The maximum Gasteiger partial charge on any atom is 0.506 e. The van der Waals surface area contributed by atoms with Gasteiger partial charge in [0.1, 0.15) is 11.4 Å². The van der Waals surface area contributed by atoms with Gasteiger partial charge in [0.05, 0.1) is 12.7 Å². The minimum Gasteiger partial charge on any atom is -0.508 e. The number of phenols is 1. The smallest absolute Gasteiger partial charge is 0.506 e. The van der Waals surface area contributed by atoms with E-state index in [1.165, 1.54) is 31.4 Å². The Morgan fingerprint density at radius 1 is 0.800 bits per heavy atom. The Labute approximate surface area is 175 Å². The van der Waals surface area contributed by atoms with Crippen molar-refractivity contribution in [2.75, 3.05) is 7.11 Å². The molecule has 30 heavy (non-hydrogen) atoms. The minimum atomic E-state index is -1.27. The summed E-state index contributed by atoms with van der Waals surface area (Å²) >= 11 is 0. The molecule has 0 aliphatic rings. The standard InChI is InChI=1S/C16H16O3.C8H8O3/c1-16(2,19-15(17)18)14-10-8-13(9-11-14)12-6-4-3-5-7-12;1-11-8(10)6-2-4-7(9)5-3-6/h3-11H,1-2H3,(H,17,18);2-5,9H,1H3. The fraction of sp³-hybridized carbons (Fsp3) is 0.167. The number of carboxylic acid groups (broad SMARTS) is 1. The number of aromatic hydroxyl groups is 1. The second-order valence-corrected chi connectivity index (χ2v) is 6.86. The Hall–Kier alpha value is -3.80. The first kappa shape index (κ1) is 22.5. The van der Waals surface area contributed by atoms with Crippen molar-refractivity contribution in [1.29, 1.82) is 0 Å². The zero-order valence-electron chi connectivity index (χ0n) is 17.0. The third-order valence-corrected chi connectivity index (χ3v) is 4.32. The fourth-order valence-electron chi connectivity index (χ4n) is 2.69. The van der Waals surface area contributed by atoms with Gasteiger partial charge in [-0.05, 0) is 54.8 Å². The van der Waals surface area contributed by atoms with Gasteiger partial charge in [0, 0.05) is 0 Å². The molecule has 0 amide bonds. The molecule has 3 aromatic carbocycles. The summed E-state index contributed by atoms with van der Waals surface area (Å²) in [6.07, 6.45) is -1.27. The quantitative estimate of drug-likeness (QED) is 0.557. The first-order chi connectivity index (χ1) is 14.2. The number of esters is 1. The van der Waals surface area contributed by atoms with Gasteiger partial charge in [-0.15, -0.1) is 0 Å². The molecule has 3 rings (SSSR count). The van der Waals surface area contributed by atoms with Crippen LogP contribution in [-0.4, -0.2) is 29.4 Å². The number of ether oxygens (including phenoxy) is 2. The first-order valence-corrected chi connectivity index (χ1v) is 9.18. The van der Waals surface area contributed by atoms with Gasteiger partial charge in [-0.2, -0.15) is 0 Å². The molecule has 0 unspecified atom stereocenters. The lowest BCUT2D eigenvalue weighted by Gasteiger charge is -2.23. The summed E-state index contributed by atoms with van der Waals surface area (Å²) in [5.74, 6) is -0.261. The van der Waals surface area contributed by atoms with E-state index >= 15 is 0 Å². The number of rotatable bonds is 4. The van der Waals surface area contributed by atoms with E-state index in [0.717, 1.165) is 16.7 Å². The third-order valence-electron chi connectivity index (χ3n) is 4.32. The lowest BCUT2D eigenvalue weighted by Crippen LogP contribution is -2.24. The van der Waals surface area contributed by atoms with Crippen LogP contribution < -0.4 is 0 Å². The number of hydrogen-bond donors (Lipinski definition) is 2. The van der Waals surface area contributed by atoms with Crippen molar-refractivity contribution < 1.29 is 29.3 Å². The number of benzene rings is 3. The molecule has 2 N–H and O–H groups in total. The lowest BCUT2D eigenvalue weighted by molar-refractivity contribution is 0.00101. The van der Waals surface area contributed by atoms with E-state index in [-0.39, 0.29) is 5.75 Å². The van der Waals surface area contributed by atoms with Crippen LogP contribution in [0.1, 0.15) is 29.8 Å². The molecule has 0 heterocycles. The summed E-state index contributed by atoms with van der Waals surface area (Å²) in [6, 6.07) is 23.6. The number of methoxy groups -OCH3 is 1. The molecule has 0 atom stereocenters. The van der Waals surface area contributed by atoms with E-state index in [4.69, 9.17) is 14.9 Å². The number of carbonyl (C=O) groups is 2. The predicted molar refractivity (Wildman–Crippen MR) is 113 cm³/mol. The van der Waals surface area contributed by atoms with Gasteiger partial charge in [0.2, 0.25) is 0 Å². The van der Waals surface area contributed by atoms with E-state index in [9.17, 15) is 9.59 Å². The number of carbonyl (C=O) groups excluding carboxylic acids is 1. The zero-order chi connectivity index (χ0) is 22.1. The summed E-state index contributed by atoms with van der Waals surface area (Å²) < 4.78 is 9.34. The summed E-state index contributed by atoms with van der Waals surface area (Å²) in [6.45, 7) is 3.47. The Morgan fingerprint density at radius 3 is 1.83 bits per heavy atom. The van der Waals surface area contributed by atoms with E-state index in [1.807, 2.05) is 54.6 Å². The molecular weight excluding hydrogens is 384 g/mol. The molecule has 0 saturated heterocycles. The molecule has 6 heteroatoms. The van der Waals surface area contributed by atoms with Crippen molar-refractivity contribution in [2.45, 2.75) is 19.4 Å². The third kappa shape index (κ3) is 6.38. The van der Waals surface area contributed by atoms with Gasteiger partial charge in [-0.25, -0.2) is 9.59 Å². The topological polar surface area (TPSA) is 93.1 Å². The molecule has 0 fully saturated rings. The maximum atomic E-state index is 10.8. The zero-order valence-corrected chi connectivity index (χ0v) is 17.0. The van der Waals surface area contributed by atoms with Crippen LogP contribution >= 0.6 is 0 Å². The SMILES string of the molecule is CC(C)(OC(=O)O)c1ccc(-c2ccccc2)cc1.COC(=O)c1ccc(O)cc1. The molecule has 156 valence electrons. The molecule has 3 aromatic rings. The number of hydrogen-bond acceptors (Lipinski definition) is 5. The Bertz CT molecular complexity index is 961. The van der Waals surface area contributed by atoms with Crippen LogP contribution in [0.2, 0.25) is 0 Å². The number of phenolic OH excluding ortho intramolecular Hbond substituents is 1. The van der Waals surface area contributed by atoms with Crippen LogP contribution in [0, 0.1) is 0 Å². The molecule has 0 saturated carbocycles. The molecular formula is C24H24O6. The minimum absolute atomic E-state index is 0.137. The Kier molecular flexibility index (Phi) is 7.58. The van der Waals surface area contributed by atoms with E-state index in [2.05, 4.69) is 4.74 Å². The average Bonchev–Trinajstić information content (AvgIpc) is 2.74. The van der Waals surface area contributed by atoms with E-state index < -0.39 is 17.7 Å². The first-order valence-electron chi connectivity index (χ1n) is 9.18. The van der Waals surface area contributed by atoms with Gasteiger partial charge in [-0.3, -0.25) is 0 Å². The molecule has 0 radical (unpaired) electrons. The average molecular weight is 408 g/mol. The van der Waals surface area contributed by atoms with Crippen LogP contribution in [0.4, 0.5) is 4.79 Å². The second-order valence-electron chi connectivity index (χ2n) is 6.86. The van der Waals surface area contributed by atoms with Crippen LogP contribution in [0.5, 0.6) is 5.75 Å². The van der Waals surface area contributed by atoms with Crippen molar-refractivity contribution >= 4 is 12.1 Å². The molecule has 0 aliphatic heterocycles. The summed E-state index contributed by atoms with van der Waals surface area (Å²) in [4.78, 5) is 21.5. The van der Waals surface area contributed by atoms with Crippen LogP contribution in [-0.2, 0) is 15.1 Å². The Morgan fingerprint density at radius 2 is 1.33 bits per heavy atom.